The lowest BCUT2D eigenvalue weighted by Gasteiger charge is -2.10. The molecule has 150 valence electrons. The molecule has 2 N–H and O–H groups in total. The summed E-state index contributed by atoms with van der Waals surface area (Å²) in [5.74, 6) is 1.14. The first-order valence-corrected chi connectivity index (χ1v) is 8.93. The molecule has 1 amide bonds. The molecule has 0 saturated heterocycles. The predicted octanol–water partition coefficient (Wildman–Crippen LogP) is 2.80. The number of benzene rings is 1. The zero-order chi connectivity index (χ0) is 20.8. The van der Waals surface area contributed by atoms with Gasteiger partial charge in [0.15, 0.2) is 0 Å². The number of carbonyl (C=O) groups excluding carboxylic acids is 1. The van der Waals surface area contributed by atoms with Gasteiger partial charge < -0.3 is 10.6 Å². The van der Waals surface area contributed by atoms with Crippen molar-refractivity contribution in [3.63, 3.8) is 0 Å². The molecule has 0 bridgehead atoms. The van der Waals surface area contributed by atoms with E-state index in [0.717, 1.165) is 30.1 Å². The lowest BCUT2D eigenvalue weighted by Crippen LogP contribution is -2.27. The first kappa shape index (κ1) is 20.1. The van der Waals surface area contributed by atoms with Gasteiger partial charge in [-0.15, -0.1) is 0 Å². The Morgan fingerprint density at radius 1 is 1.17 bits per heavy atom. The Bertz CT molecular complexity index is 1050. The van der Waals surface area contributed by atoms with Crippen molar-refractivity contribution >= 4 is 17.8 Å². The van der Waals surface area contributed by atoms with E-state index in [1.54, 1.807) is 19.2 Å². The third-order valence-electron chi connectivity index (χ3n) is 4.00. The van der Waals surface area contributed by atoms with Crippen LogP contribution in [0.4, 0.5) is 14.6 Å². The fraction of sp³-hybridized carbons (Fsp3) is 0.200. The normalized spacial score (nSPS) is 11.0. The third-order valence-corrected chi connectivity index (χ3v) is 4.00. The summed E-state index contributed by atoms with van der Waals surface area (Å²) in [6.07, 6.45) is 5.90. The van der Waals surface area contributed by atoms with E-state index in [1.807, 2.05) is 17.7 Å². The van der Waals surface area contributed by atoms with Gasteiger partial charge in [-0.2, -0.15) is 0 Å². The Morgan fingerprint density at radius 3 is 2.76 bits per heavy atom. The van der Waals surface area contributed by atoms with Crippen molar-refractivity contribution in [2.24, 2.45) is 0 Å². The van der Waals surface area contributed by atoms with E-state index in [-0.39, 0.29) is 5.56 Å². The molecule has 0 fully saturated rings. The maximum absolute atomic E-state index is 13.5. The fourth-order valence-electron chi connectivity index (χ4n) is 2.63. The van der Waals surface area contributed by atoms with Crippen LogP contribution < -0.4 is 10.6 Å². The maximum Gasteiger partial charge on any atom is 0.244 e. The van der Waals surface area contributed by atoms with Gasteiger partial charge in [-0.05, 0) is 38.1 Å². The Morgan fingerprint density at radius 2 is 2.00 bits per heavy atom. The van der Waals surface area contributed by atoms with Crippen LogP contribution in [-0.4, -0.2) is 38.5 Å². The van der Waals surface area contributed by atoms with Crippen molar-refractivity contribution in [1.82, 2.24) is 24.8 Å². The number of hydrogen-bond donors (Lipinski definition) is 2. The minimum atomic E-state index is -0.597. The average Bonchev–Trinajstić information content (AvgIpc) is 3.11. The van der Waals surface area contributed by atoms with Crippen LogP contribution in [-0.2, 0) is 4.79 Å². The molecule has 0 aliphatic heterocycles. The number of anilines is 1. The van der Waals surface area contributed by atoms with Gasteiger partial charge in [0.05, 0.1) is 0 Å². The molecule has 0 aliphatic rings. The highest BCUT2D eigenvalue weighted by Gasteiger charge is 2.06. The van der Waals surface area contributed by atoms with Gasteiger partial charge in [0, 0.05) is 43.2 Å². The van der Waals surface area contributed by atoms with Gasteiger partial charge in [-0.3, -0.25) is 9.36 Å². The van der Waals surface area contributed by atoms with Crippen molar-refractivity contribution in [1.29, 1.82) is 0 Å². The van der Waals surface area contributed by atoms with Crippen LogP contribution in [0, 0.1) is 25.5 Å². The number of carbonyl (C=O) groups is 1. The Kier molecular flexibility index (Phi) is 6.28. The summed E-state index contributed by atoms with van der Waals surface area (Å²) in [7, 11) is 0. The zero-order valence-electron chi connectivity index (χ0n) is 16.0. The number of halogens is 2. The summed E-state index contributed by atoms with van der Waals surface area (Å²) in [4.78, 5) is 24.7. The van der Waals surface area contributed by atoms with Gasteiger partial charge >= 0.3 is 0 Å². The molecule has 9 heteroatoms. The molecule has 3 rings (SSSR count). The highest BCUT2D eigenvalue weighted by atomic mass is 19.1. The van der Waals surface area contributed by atoms with Crippen molar-refractivity contribution in [2.75, 3.05) is 18.4 Å². The Balaban J connectivity index is 1.52. The number of imidazole rings is 1. The van der Waals surface area contributed by atoms with Gasteiger partial charge in [-0.1, -0.05) is 0 Å². The zero-order valence-corrected chi connectivity index (χ0v) is 16.0. The summed E-state index contributed by atoms with van der Waals surface area (Å²) >= 11 is 0. The minimum absolute atomic E-state index is 0.0112. The van der Waals surface area contributed by atoms with Crippen molar-refractivity contribution in [3.8, 4) is 5.82 Å². The molecule has 0 atom stereocenters. The molecule has 0 aliphatic carbocycles. The second-order valence-corrected chi connectivity index (χ2v) is 6.22. The third kappa shape index (κ3) is 5.44. The molecule has 1 aromatic carbocycles. The van der Waals surface area contributed by atoms with Crippen molar-refractivity contribution < 1.29 is 13.6 Å². The summed E-state index contributed by atoms with van der Waals surface area (Å²) in [5, 5.41) is 5.78. The molecular weight excluding hydrogens is 378 g/mol. The largest absolute Gasteiger partial charge is 0.368 e. The molecular formula is C20H20F2N6O. The summed E-state index contributed by atoms with van der Waals surface area (Å²) in [5.41, 5.74) is 0.0112. The maximum atomic E-state index is 13.5. The first-order chi connectivity index (χ1) is 13.9. The molecule has 29 heavy (non-hydrogen) atoms. The number of nitrogens with zero attached hydrogens (tertiary/aromatic N) is 4. The number of rotatable bonds is 7. The lowest BCUT2D eigenvalue weighted by molar-refractivity contribution is -0.116. The van der Waals surface area contributed by atoms with Crippen LogP contribution in [0.25, 0.3) is 11.9 Å². The molecule has 3 aromatic rings. The van der Waals surface area contributed by atoms with Crippen LogP contribution in [0.2, 0.25) is 0 Å². The SMILES string of the molecule is Cc1nc(NCCNC(=O)/C=C/c2cc(F)ccc2F)cc(-n2ccnc2C)n1. The topological polar surface area (TPSA) is 84.7 Å². The smallest absolute Gasteiger partial charge is 0.244 e. The van der Waals surface area contributed by atoms with Crippen LogP contribution in [0.15, 0.2) is 42.7 Å². The summed E-state index contributed by atoms with van der Waals surface area (Å²) < 4.78 is 28.5. The minimum Gasteiger partial charge on any atom is -0.368 e. The number of aromatic nitrogens is 4. The molecule has 2 aromatic heterocycles. The van der Waals surface area contributed by atoms with Crippen LogP contribution in [0.1, 0.15) is 17.2 Å². The highest BCUT2D eigenvalue weighted by molar-refractivity contribution is 5.91. The monoisotopic (exact) mass is 398 g/mol. The predicted molar refractivity (Wildman–Crippen MR) is 106 cm³/mol. The Labute approximate surface area is 166 Å². The number of nitrogens with one attached hydrogen (secondary N) is 2. The molecule has 0 unspecified atom stereocenters. The highest BCUT2D eigenvalue weighted by Crippen LogP contribution is 2.13. The number of amides is 1. The second kappa shape index (κ2) is 9.05. The van der Waals surface area contributed by atoms with E-state index < -0.39 is 17.5 Å². The number of hydrogen-bond acceptors (Lipinski definition) is 5. The fourth-order valence-corrected chi connectivity index (χ4v) is 2.63. The molecule has 0 spiro atoms. The van der Waals surface area contributed by atoms with E-state index in [9.17, 15) is 13.6 Å². The van der Waals surface area contributed by atoms with Gasteiger partial charge in [0.1, 0.15) is 34.9 Å². The van der Waals surface area contributed by atoms with Crippen molar-refractivity contribution in [2.45, 2.75) is 13.8 Å². The van der Waals surface area contributed by atoms with E-state index in [4.69, 9.17) is 0 Å². The second-order valence-electron chi connectivity index (χ2n) is 6.22. The van der Waals surface area contributed by atoms with Crippen LogP contribution in [0.5, 0.6) is 0 Å². The molecule has 0 radical (unpaired) electrons. The van der Waals surface area contributed by atoms with Gasteiger partial charge in [0.25, 0.3) is 0 Å². The van der Waals surface area contributed by atoms with E-state index in [0.29, 0.717) is 30.5 Å². The standard InChI is InChI=1S/C20H20F2N6O/c1-13-26-18(12-19(27-13)28-10-9-23-14(28)2)24-7-8-25-20(29)6-3-15-11-16(21)4-5-17(15)22/h3-6,9-12H,7-8H2,1-2H3,(H,25,29)(H,24,26,27)/b6-3+. The van der Waals surface area contributed by atoms with E-state index >= 15 is 0 Å². The first-order valence-electron chi connectivity index (χ1n) is 8.93. The van der Waals surface area contributed by atoms with Crippen LogP contribution >= 0.6 is 0 Å². The summed E-state index contributed by atoms with van der Waals surface area (Å²) in [6, 6.07) is 4.85. The average molecular weight is 398 g/mol. The quantitative estimate of drug-likeness (QED) is 0.472. The molecule has 2 heterocycles. The summed E-state index contributed by atoms with van der Waals surface area (Å²) in [6.45, 7) is 4.41. The van der Waals surface area contributed by atoms with E-state index in [1.165, 1.54) is 6.08 Å². The van der Waals surface area contributed by atoms with Gasteiger partial charge in [0.2, 0.25) is 5.91 Å². The molecule has 0 saturated carbocycles. The van der Waals surface area contributed by atoms with E-state index in [2.05, 4.69) is 25.6 Å². The Hall–Kier alpha value is -3.62. The van der Waals surface area contributed by atoms with Gasteiger partial charge in [-0.25, -0.2) is 23.7 Å². The van der Waals surface area contributed by atoms with Crippen molar-refractivity contribution in [3.05, 3.63) is 71.6 Å². The number of aryl methyl sites for hydroxylation is 2. The molecule has 7 nitrogen and oxygen atoms in total. The lowest BCUT2D eigenvalue weighted by atomic mass is 10.2. The van der Waals surface area contributed by atoms with Crippen LogP contribution in [0.3, 0.4) is 0 Å².